The Labute approximate surface area is 93.3 Å². The van der Waals surface area contributed by atoms with Crippen molar-refractivity contribution in [2.75, 3.05) is 13.2 Å². The van der Waals surface area contributed by atoms with E-state index >= 15 is 0 Å². The predicted molar refractivity (Wildman–Crippen MR) is 64.0 cm³/mol. The zero-order valence-electron chi connectivity index (χ0n) is 10.4. The number of hydrogen-bond acceptors (Lipinski definition) is 2. The minimum atomic E-state index is -1.85. The summed E-state index contributed by atoms with van der Waals surface area (Å²) < 4.78 is 18.8. The van der Waals surface area contributed by atoms with Gasteiger partial charge >= 0.3 is 0 Å². The molecule has 90 valence electrons. The Kier molecular flexibility index (Phi) is 5.70. The standard InChI is InChI=1S/C11H23FO2Si/c1-11(2,3)15(4,5)14-9-10(12)7-6-8-13/h7,13H,6,8-9H2,1-5H3. The number of rotatable bonds is 5. The number of aliphatic hydroxyl groups excluding tert-OH is 1. The van der Waals surface area contributed by atoms with Crippen LogP contribution >= 0.6 is 0 Å². The summed E-state index contributed by atoms with van der Waals surface area (Å²) in [6.45, 7) is 10.6. The summed E-state index contributed by atoms with van der Waals surface area (Å²) in [6, 6.07) is 0. The van der Waals surface area contributed by atoms with Gasteiger partial charge in [0.25, 0.3) is 0 Å². The lowest BCUT2D eigenvalue weighted by Crippen LogP contribution is -2.41. The molecule has 0 aromatic heterocycles. The van der Waals surface area contributed by atoms with E-state index in [0.29, 0.717) is 6.42 Å². The van der Waals surface area contributed by atoms with E-state index in [2.05, 4.69) is 33.9 Å². The molecule has 0 spiro atoms. The van der Waals surface area contributed by atoms with Gasteiger partial charge in [-0.25, -0.2) is 4.39 Å². The first-order valence-electron chi connectivity index (χ1n) is 5.30. The first kappa shape index (κ1) is 14.8. The van der Waals surface area contributed by atoms with Gasteiger partial charge < -0.3 is 9.53 Å². The smallest absolute Gasteiger partial charge is 0.192 e. The maximum atomic E-state index is 13.2. The third-order valence-electron chi connectivity index (χ3n) is 2.87. The van der Waals surface area contributed by atoms with E-state index < -0.39 is 8.32 Å². The Morgan fingerprint density at radius 1 is 1.40 bits per heavy atom. The zero-order valence-corrected chi connectivity index (χ0v) is 11.4. The maximum Gasteiger partial charge on any atom is 0.192 e. The first-order valence-corrected chi connectivity index (χ1v) is 8.21. The molecule has 0 aliphatic rings. The molecule has 0 amide bonds. The van der Waals surface area contributed by atoms with Crippen LogP contribution in [0.3, 0.4) is 0 Å². The normalized spacial score (nSPS) is 14.5. The van der Waals surface area contributed by atoms with Gasteiger partial charge in [0.05, 0.1) is 6.61 Å². The molecule has 0 heterocycles. The quantitative estimate of drug-likeness (QED) is 0.740. The van der Waals surface area contributed by atoms with Crippen molar-refractivity contribution in [1.29, 1.82) is 0 Å². The van der Waals surface area contributed by atoms with Crippen molar-refractivity contribution in [2.45, 2.75) is 45.3 Å². The fraction of sp³-hybridized carbons (Fsp3) is 0.818. The van der Waals surface area contributed by atoms with Gasteiger partial charge in [-0.1, -0.05) is 20.8 Å². The van der Waals surface area contributed by atoms with Crippen LogP contribution in [0.4, 0.5) is 4.39 Å². The van der Waals surface area contributed by atoms with Crippen molar-refractivity contribution in [3.63, 3.8) is 0 Å². The fourth-order valence-corrected chi connectivity index (χ4v) is 1.68. The van der Waals surface area contributed by atoms with Crippen molar-refractivity contribution in [2.24, 2.45) is 0 Å². The van der Waals surface area contributed by atoms with Gasteiger partial charge in [-0.15, -0.1) is 0 Å². The van der Waals surface area contributed by atoms with Crippen LogP contribution in [0.1, 0.15) is 27.2 Å². The lowest BCUT2D eigenvalue weighted by atomic mass is 10.2. The van der Waals surface area contributed by atoms with Crippen LogP contribution in [-0.2, 0) is 4.43 Å². The van der Waals surface area contributed by atoms with Crippen molar-refractivity contribution >= 4 is 8.32 Å². The zero-order chi connectivity index (χ0) is 12.1. The van der Waals surface area contributed by atoms with Crippen LogP contribution in [0.2, 0.25) is 18.1 Å². The van der Waals surface area contributed by atoms with Gasteiger partial charge in [0.2, 0.25) is 0 Å². The van der Waals surface area contributed by atoms with E-state index in [1.165, 1.54) is 6.08 Å². The van der Waals surface area contributed by atoms with Crippen LogP contribution in [0.15, 0.2) is 11.9 Å². The molecule has 0 unspecified atom stereocenters. The molecular weight excluding hydrogens is 211 g/mol. The minimum absolute atomic E-state index is 0.0203. The molecule has 0 fully saturated rings. The number of aliphatic hydroxyl groups is 1. The van der Waals surface area contributed by atoms with Gasteiger partial charge in [-0.05, 0) is 30.6 Å². The van der Waals surface area contributed by atoms with Crippen LogP contribution in [0.5, 0.6) is 0 Å². The lowest BCUT2D eigenvalue weighted by molar-refractivity contribution is 0.284. The minimum Gasteiger partial charge on any atom is -0.410 e. The molecule has 2 nitrogen and oxygen atoms in total. The molecule has 1 N–H and O–H groups in total. The summed E-state index contributed by atoms with van der Waals surface area (Å²) in [4.78, 5) is 0. The Morgan fingerprint density at radius 3 is 2.33 bits per heavy atom. The Bertz CT molecular complexity index is 219. The lowest BCUT2D eigenvalue weighted by Gasteiger charge is -2.35. The largest absolute Gasteiger partial charge is 0.410 e. The number of halogens is 1. The molecule has 0 radical (unpaired) electrons. The highest BCUT2D eigenvalue weighted by atomic mass is 28.4. The molecule has 0 rings (SSSR count). The second kappa shape index (κ2) is 5.77. The number of hydrogen-bond donors (Lipinski definition) is 1. The van der Waals surface area contributed by atoms with Crippen molar-refractivity contribution in [1.82, 2.24) is 0 Å². The van der Waals surface area contributed by atoms with E-state index in [9.17, 15) is 4.39 Å². The molecule has 0 aromatic rings. The Morgan fingerprint density at radius 2 is 1.93 bits per heavy atom. The van der Waals surface area contributed by atoms with E-state index in [-0.39, 0.29) is 24.1 Å². The maximum absolute atomic E-state index is 13.2. The van der Waals surface area contributed by atoms with Crippen LogP contribution in [-0.4, -0.2) is 26.6 Å². The molecule has 0 atom stereocenters. The SMILES string of the molecule is CC(C)(C)[Si](C)(C)OCC(F)=CCCO. The summed E-state index contributed by atoms with van der Waals surface area (Å²) in [5.74, 6) is -0.283. The third kappa shape index (κ3) is 5.44. The third-order valence-corrected chi connectivity index (χ3v) is 7.35. The van der Waals surface area contributed by atoms with E-state index in [0.717, 1.165) is 0 Å². The second-order valence-corrected chi connectivity index (χ2v) is 10.0. The highest BCUT2D eigenvalue weighted by Crippen LogP contribution is 2.36. The Hall–Kier alpha value is -0.193. The van der Waals surface area contributed by atoms with Gasteiger partial charge in [-0.2, -0.15) is 0 Å². The van der Waals surface area contributed by atoms with Crippen molar-refractivity contribution in [3.8, 4) is 0 Å². The van der Waals surface area contributed by atoms with Crippen molar-refractivity contribution < 1.29 is 13.9 Å². The van der Waals surface area contributed by atoms with Gasteiger partial charge in [0.1, 0.15) is 5.83 Å². The van der Waals surface area contributed by atoms with Crippen LogP contribution in [0, 0.1) is 0 Å². The van der Waals surface area contributed by atoms with Gasteiger partial charge in [0, 0.05) is 6.61 Å². The Balaban J connectivity index is 4.15. The highest BCUT2D eigenvalue weighted by Gasteiger charge is 2.37. The van der Waals surface area contributed by atoms with Gasteiger partial charge in [-0.3, -0.25) is 0 Å². The summed E-state index contributed by atoms with van der Waals surface area (Å²) in [7, 11) is -1.85. The van der Waals surface area contributed by atoms with E-state index in [1.807, 2.05) is 0 Å². The summed E-state index contributed by atoms with van der Waals surface area (Å²) in [5.41, 5.74) is 0. The van der Waals surface area contributed by atoms with Crippen LogP contribution < -0.4 is 0 Å². The molecular formula is C11H23FO2Si. The molecule has 15 heavy (non-hydrogen) atoms. The summed E-state index contributed by atoms with van der Waals surface area (Å²) in [6.07, 6.45) is 1.74. The molecule has 0 bridgehead atoms. The summed E-state index contributed by atoms with van der Waals surface area (Å²) >= 11 is 0. The van der Waals surface area contributed by atoms with E-state index in [4.69, 9.17) is 9.53 Å². The molecule has 4 heteroatoms. The first-order chi connectivity index (χ1) is 6.70. The van der Waals surface area contributed by atoms with Crippen molar-refractivity contribution in [3.05, 3.63) is 11.9 Å². The monoisotopic (exact) mass is 234 g/mol. The molecule has 0 aromatic carbocycles. The highest BCUT2D eigenvalue weighted by molar-refractivity contribution is 6.74. The molecule has 0 saturated carbocycles. The average Bonchev–Trinajstić information content (AvgIpc) is 2.09. The molecule has 0 saturated heterocycles. The topological polar surface area (TPSA) is 29.5 Å². The average molecular weight is 234 g/mol. The fourth-order valence-electron chi connectivity index (χ4n) is 0.746. The van der Waals surface area contributed by atoms with Gasteiger partial charge in [0.15, 0.2) is 8.32 Å². The molecule has 0 aliphatic carbocycles. The summed E-state index contributed by atoms with van der Waals surface area (Å²) in [5, 5.41) is 8.63. The molecule has 0 aliphatic heterocycles. The predicted octanol–water partition coefficient (Wildman–Crippen LogP) is 3.24. The second-order valence-electron chi connectivity index (χ2n) is 5.21. The van der Waals surface area contributed by atoms with E-state index in [1.54, 1.807) is 0 Å². The van der Waals surface area contributed by atoms with Crippen LogP contribution in [0.25, 0.3) is 0 Å².